The van der Waals surface area contributed by atoms with Gasteiger partial charge in [0.05, 0.1) is 0 Å². The lowest BCUT2D eigenvalue weighted by molar-refractivity contribution is 1.04. The zero-order valence-corrected chi connectivity index (χ0v) is 11.1. The van der Waals surface area contributed by atoms with E-state index < -0.39 is 0 Å². The molecule has 2 aromatic heterocycles. The molecular weight excluding hydrogens is 292 g/mol. The van der Waals surface area contributed by atoms with Gasteiger partial charge in [-0.25, -0.2) is 0 Å². The summed E-state index contributed by atoms with van der Waals surface area (Å²) < 4.78 is 2.96. The van der Waals surface area contributed by atoms with Crippen LogP contribution in [0.25, 0.3) is 17.0 Å². The van der Waals surface area contributed by atoms with Crippen molar-refractivity contribution < 1.29 is 0 Å². The van der Waals surface area contributed by atoms with Gasteiger partial charge in [-0.2, -0.15) is 0 Å². The molecule has 0 spiro atoms. The van der Waals surface area contributed by atoms with Crippen molar-refractivity contribution in [3.8, 4) is 11.4 Å². The molecule has 0 atom stereocenters. The van der Waals surface area contributed by atoms with Crippen molar-refractivity contribution in [2.24, 2.45) is 5.73 Å². The van der Waals surface area contributed by atoms with Gasteiger partial charge in [-0.15, -0.1) is 10.2 Å². The maximum absolute atomic E-state index is 5.70. The molecule has 0 radical (unpaired) electrons. The van der Waals surface area contributed by atoms with E-state index in [0.717, 1.165) is 27.1 Å². The quantitative estimate of drug-likeness (QED) is 0.792. The molecule has 3 rings (SSSR count). The summed E-state index contributed by atoms with van der Waals surface area (Å²) in [5.74, 6) is 0.813. The van der Waals surface area contributed by atoms with Crippen LogP contribution in [0, 0.1) is 0 Å². The SMILES string of the molecule is NCc1cccn2c(-c3ccccc3Br)nnc12. The van der Waals surface area contributed by atoms with Crippen LogP contribution < -0.4 is 5.73 Å². The Hall–Kier alpha value is -1.72. The molecule has 0 fully saturated rings. The summed E-state index contributed by atoms with van der Waals surface area (Å²) in [7, 11) is 0. The predicted molar refractivity (Wildman–Crippen MR) is 74.0 cm³/mol. The van der Waals surface area contributed by atoms with Crippen molar-refractivity contribution in [2.75, 3.05) is 0 Å². The Kier molecular flexibility index (Phi) is 2.85. The molecule has 1 aromatic carbocycles. The minimum Gasteiger partial charge on any atom is -0.326 e. The first-order chi connectivity index (χ1) is 8.81. The van der Waals surface area contributed by atoms with Gasteiger partial charge in [0.15, 0.2) is 11.5 Å². The first kappa shape index (κ1) is 11.4. The molecule has 2 heterocycles. The van der Waals surface area contributed by atoms with Gasteiger partial charge in [0.1, 0.15) is 0 Å². The highest BCUT2D eigenvalue weighted by Crippen LogP contribution is 2.27. The Labute approximate surface area is 113 Å². The molecule has 4 nitrogen and oxygen atoms in total. The fraction of sp³-hybridized carbons (Fsp3) is 0.0769. The number of pyridine rings is 1. The lowest BCUT2D eigenvalue weighted by Crippen LogP contribution is -2.00. The summed E-state index contributed by atoms with van der Waals surface area (Å²) >= 11 is 3.53. The molecule has 0 saturated heterocycles. The van der Waals surface area contributed by atoms with Crippen LogP contribution in [0.15, 0.2) is 47.1 Å². The van der Waals surface area contributed by atoms with E-state index in [4.69, 9.17) is 5.73 Å². The van der Waals surface area contributed by atoms with Crippen LogP contribution >= 0.6 is 15.9 Å². The summed E-state index contributed by atoms with van der Waals surface area (Å²) in [6, 6.07) is 11.9. The van der Waals surface area contributed by atoms with Crippen molar-refractivity contribution in [2.45, 2.75) is 6.54 Å². The molecule has 0 aliphatic rings. The fourth-order valence-electron chi connectivity index (χ4n) is 1.96. The summed E-state index contributed by atoms with van der Waals surface area (Å²) in [4.78, 5) is 0. The van der Waals surface area contributed by atoms with Crippen molar-refractivity contribution in [3.63, 3.8) is 0 Å². The van der Waals surface area contributed by atoms with Crippen LogP contribution in [0.3, 0.4) is 0 Å². The predicted octanol–water partition coefficient (Wildman–Crippen LogP) is 2.62. The van der Waals surface area contributed by atoms with E-state index >= 15 is 0 Å². The number of nitrogens with zero attached hydrogens (tertiary/aromatic N) is 3. The molecule has 0 amide bonds. The van der Waals surface area contributed by atoms with Crippen LogP contribution in [-0.2, 0) is 6.54 Å². The van der Waals surface area contributed by atoms with Crippen LogP contribution in [-0.4, -0.2) is 14.6 Å². The molecular formula is C13H11BrN4. The molecule has 0 aliphatic carbocycles. The molecule has 3 aromatic rings. The van der Waals surface area contributed by atoms with Crippen molar-refractivity contribution in [3.05, 3.63) is 52.6 Å². The van der Waals surface area contributed by atoms with E-state index in [1.54, 1.807) is 0 Å². The average molecular weight is 303 g/mol. The highest BCUT2D eigenvalue weighted by atomic mass is 79.9. The number of aromatic nitrogens is 3. The third-order valence-corrected chi connectivity index (χ3v) is 3.54. The van der Waals surface area contributed by atoms with Crippen molar-refractivity contribution in [1.82, 2.24) is 14.6 Å². The third-order valence-electron chi connectivity index (χ3n) is 2.85. The first-order valence-electron chi connectivity index (χ1n) is 5.59. The number of benzene rings is 1. The standard InChI is InChI=1S/C13H11BrN4/c14-11-6-2-1-5-10(11)13-17-16-12-9(8-15)4-3-7-18(12)13/h1-7H,8,15H2. The minimum absolute atomic E-state index is 0.457. The fourth-order valence-corrected chi connectivity index (χ4v) is 2.42. The Bertz CT molecular complexity index is 705. The maximum Gasteiger partial charge on any atom is 0.169 e. The number of fused-ring (bicyclic) bond motifs is 1. The van der Waals surface area contributed by atoms with E-state index in [-0.39, 0.29) is 0 Å². The van der Waals surface area contributed by atoms with Crippen LogP contribution in [0.4, 0.5) is 0 Å². The van der Waals surface area contributed by atoms with Gasteiger partial charge in [-0.1, -0.05) is 40.2 Å². The van der Waals surface area contributed by atoms with Gasteiger partial charge in [0.25, 0.3) is 0 Å². The Morgan fingerprint density at radius 2 is 1.94 bits per heavy atom. The molecule has 5 heteroatoms. The second-order valence-corrected chi connectivity index (χ2v) is 4.79. The molecule has 0 unspecified atom stereocenters. The monoisotopic (exact) mass is 302 g/mol. The Balaban J connectivity index is 2.29. The van der Waals surface area contributed by atoms with E-state index in [1.165, 1.54) is 0 Å². The van der Waals surface area contributed by atoms with E-state index in [9.17, 15) is 0 Å². The average Bonchev–Trinajstić information content (AvgIpc) is 2.83. The second-order valence-electron chi connectivity index (χ2n) is 3.93. The molecule has 0 bridgehead atoms. The summed E-state index contributed by atoms with van der Waals surface area (Å²) in [6.45, 7) is 0.457. The summed E-state index contributed by atoms with van der Waals surface area (Å²) in [5, 5.41) is 8.48. The summed E-state index contributed by atoms with van der Waals surface area (Å²) in [5.41, 5.74) is 8.52. The second kappa shape index (κ2) is 4.51. The highest BCUT2D eigenvalue weighted by molar-refractivity contribution is 9.10. The zero-order chi connectivity index (χ0) is 12.5. The largest absolute Gasteiger partial charge is 0.326 e. The lowest BCUT2D eigenvalue weighted by Gasteiger charge is -2.03. The third kappa shape index (κ3) is 1.72. The number of rotatable bonds is 2. The topological polar surface area (TPSA) is 56.2 Å². The van der Waals surface area contributed by atoms with Gasteiger partial charge < -0.3 is 5.73 Å². The molecule has 2 N–H and O–H groups in total. The number of nitrogens with two attached hydrogens (primary N) is 1. The molecule has 0 aliphatic heterocycles. The number of hydrogen-bond donors (Lipinski definition) is 1. The minimum atomic E-state index is 0.457. The smallest absolute Gasteiger partial charge is 0.169 e. The number of halogens is 1. The maximum atomic E-state index is 5.70. The van der Waals surface area contributed by atoms with E-state index in [1.807, 2.05) is 47.0 Å². The Morgan fingerprint density at radius 3 is 2.72 bits per heavy atom. The molecule has 0 saturated carbocycles. The molecule has 18 heavy (non-hydrogen) atoms. The van der Waals surface area contributed by atoms with Gasteiger partial charge in [0.2, 0.25) is 0 Å². The molecule has 90 valence electrons. The van der Waals surface area contributed by atoms with Crippen LogP contribution in [0.2, 0.25) is 0 Å². The van der Waals surface area contributed by atoms with Crippen LogP contribution in [0.1, 0.15) is 5.56 Å². The van der Waals surface area contributed by atoms with Gasteiger partial charge >= 0.3 is 0 Å². The van der Waals surface area contributed by atoms with Gasteiger partial charge in [-0.3, -0.25) is 4.40 Å². The lowest BCUT2D eigenvalue weighted by atomic mass is 10.2. The number of hydrogen-bond acceptors (Lipinski definition) is 3. The first-order valence-corrected chi connectivity index (χ1v) is 6.38. The van der Waals surface area contributed by atoms with Crippen LogP contribution in [0.5, 0.6) is 0 Å². The van der Waals surface area contributed by atoms with Gasteiger partial charge in [-0.05, 0) is 12.1 Å². The van der Waals surface area contributed by atoms with Crippen molar-refractivity contribution in [1.29, 1.82) is 0 Å². The van der Waals surface area contributed by atoms with E-state index in [0.29, 0.717) is 6.54 Å². The zero-order valence-electron chi connectivity index (χ0n) is 9.55. The van der Waals surface area contributed by atoms with E-state index in [2.05, 4.69) is 26.1 Å². The normalized spacial score (nSPS) is 11.0. The summed E-state index contributed by atoms with van der Waals surface area (Å²) in [6.07, 6.45) is 1.95. The van der Waals surface area contributed by atoms with Crippen molar-refractivity contribution >= 4 is 21.6 Å². The highest BCUT2D eigenvalue weighted by Gasteiger charge is 2.12. The van der Waals surface area contributed by atoms with Gasteiger partial charge in [0, 0.05) is 28.3 Å². The Morgan fingerprint density at radius 1 is 1.11 bits per heavy atom.